The zero-order valence-electron chi connectivity index (χ0n) is 10.1. The highest BCUT2D eigenvalue weighted by Gasteiger charge is 2.17. The Bertz CT molecular complexity index is 650. The van der Waals surface area contributed by atoms with Crippen LogP contribution in [0.15, 0.2) is 40.9 Å². The predicted octanol–water partition coefficient (Wildman–Crippen LogP) is 4.76. The van der Waals surface area contributed by atoms with Gasteiger partial charge in [-0.15, -0.1) is 0 Å². The van der Waals surface area contributed by atoms with Crippen molar-refractivity contribution in [3.63, 3.8) is 0 Å². The van der Waals surface area contributed by atoms with Gasteiger partial charge in [-0.3, -0.25) is 10.1 Å². The predicted molar refractivity (Wildman–Crippen MR) is 79.5 cm³/mol. The average molecular weight is 360 g/mol. The maximum absolute atomic E-state index is 13.3. The zero-order valence-corrected chi connectivity index (χ0v) is 12.4. The fraction of sp³-hybridized carbons (Fsp3) is 0.0769. The third kappa shape index (κ3) is 3.46. The van der Waals surface area contributed by atoms with Crippen LogP contribution in [-0.2, 0) is 6.54 Å². The number of halogens is 3. The Morgan fingerprint density at radius 1 is 1.30 bits per heavy atom. The standard InChI is InChI=1S/C13H9BrClFN2O2/c14-9-3-1-8(2-4-9)7-17-12-5-10(15)11(16)6-13(12)18(19)20/h1-6,17H,7H2. The summed E-state index contributed by atoms with van der Waals surface area (Å²) in [4.78, 5) is 10.2. The van der Waals surface area contributed by atoms with E-state index >= 15 is 0 Å². The van der Waals surface area contributed by atoms with Crippen LogP contribution >= 0.6 is 27.5 Å². The van der Waals surface area contributed by atoms with Gasteiger partial charge >= 0.3 is 0 Å². The van der Waals surface area contributed by atoms with E-state index in [1.165, 1.54) is 6.07 Å². The third-order valence-electron chi connectivity index (χ3n) is 2.63. The van der Waals surface area contributed by atoms with E-state index in [0.717, 1.165) is 16.1 Å². The number of benzene rings is 2. The molecule has 0 unspecified atom stereocenters. The first-order chi connectivity index (χ1) is 9.47. The summed E-state index contributed by atoms with van der Waals surface area (Å²) in [6.07, 6.45) is 0. The molecule has 0 heterocycles. The van der Waals surface area contributed by atoms with Crippen LogP contribution in [0, 0.1) is 15.9 Å². The summed E-state index contributed by atoms with van der Waals surface area (Å²) in [5.74, 6) is -0.812. The average Bonchev–Trinajstić information content (AvgIpc) is 2.41. The molecule has 0 aliphatic carbocycles. The highest BCUT2D eigenvalue weighted by atomic mass is 79.9. The maximum atomic E-state index is 13.3. The van der Waals surface area contributed by atoms with E-state index in [0.29, 0.717) is 6.54 Å². The maximum Gasteiger partial charge on any atom is 0.295 e. The normalized spacial score (nSPS) is 10.3. The Labute approximate surface area is 127 Å². The highest BCUT2D eigenvalue weighted by Crippen LogP contribution is 2.30. The quantitative estimate of drug-likeness (QED) is 0.632. The molecule has 0 radical (unpaired) electrons. The number of nitro groups is 1. The van der Waals surface area contributed by atoms with E-state index in [2.05, 4.69) is 21.2 Å². The van der Waals surface area contributed by atoms with Crippen molar-refractivity contribution >= 4 is 38.9 Å². The number of anilines is 1. The van der Waals surface area contributed by atoms with Crippen molar-refractivity contribution in [3.05, 3.63) is 67.4 Å². The Hall–Kier alpha value is -1.66. The van der Waals surface area contributed by atoms with Crippen molar-refractivity contribution in [2.24, 2.45) is 0 Å². The molecule has 2 aromatic rings. The lowest BCUT2D eigenvalue weighted by molar-refractivity contribution is -0.384. The van der Waals surface area contributed by atoms with E-state index in [9.17, 15) is 14.5 Å². The molecule has 0 aliphatic heterocycles. The van der Waals surface area contributed by atoms with Crippen molar-refractivity contribution in [1.82, 2.24) is 0 Å². The van der Waals surface area contributed by atoms with Crippen LogP contribution in [0.2, 0.25) is 5.02 Å². The van der Waals surface area contributed by atoms with Gasteiger partial charge in [0.25, 0.3) is 5.69 Å². The SMILES string of the molecule is O=[N+]([O-])c1cc(F)c(Cl)cc1NCc1ccc(Br)cc1. The Morgan fingerprint density at radius 2 is 1.95 bits per heavy atom. The zero-order chi connectivity index (χ0) is 14.7. The number of hydrogen-bond donors (Lipinski definition) is 1. The molecule has 0 aromatic heterocycles. The lowest BCUT2D eigenvalue weighted by atomic mass is 10.2. The second-order valence-corrected chi connectivity index (χ2v) is 5.34. The van der Waals surface area contributed by atoms with E-state index in [1.807, 2.05) is 24.3 Å². The van der Waals surface area contributed by atoms with Crippen LogP contribution < -0.4 is 5.32 Å². The molecule has 20 heavy (non-hydrogen) atoms. The first-order valence-corrected chi connectivity index (χ1v) is 6.76. The number of hydrogen-bond acceptors (Lipinski definition) is 3. The monoisotopic (exact) mass is 358 g/mol. The first kappa shape index (κ1) is 14.7. The lowest BCUT2D eigenvalue weighted by Crippen LogP contribution is -2.03. The fourth-order valence-corrected chi connectivity index (χ4v) is 2.06. The van der Waals surface area contributed by atoms with Crippen LogP contribution in [0.3, 0.4) is 0 Å². The first-order valence-electron chi connectivity index (χ1n) is 5.59. The minimum Gasteiger partial charge on any atom is -0.375 e. The molecule has 0 fully saturated rings. The summed E-state index contributed by atoms with van der Waals surface area (Å²) < 4.78 is 14.2. The van der Waals surface area contributed by atoms with Crippen molar-refractivity contribution in [3.8, 4) is 0 Å². The molecule has 2 aromatic carbocycles. The number of nitro benzene ring substituents is 1. The van der Waals surface area contributed by atoms with Crippen LogP contribution in [-0.4, -0.2) is 4.92 Å². The smallest absolute Gasteiger partial charge is 0.295 e. The van der Waals surface area contributed by atoms with Crippen molar-refractivity contribution in [2.45, 2.75) is 6.54 Å². The highest BCUT2D eigenvalue weighted by molar-refractivity contribution is 9.10. The summed E-state index contributed by atoms with van der Waals surface area (Å²) in [6, 6.07) is 9.49. The lowest BCUT2D eigenvalue weighted by Gasteiger charge is -2.08. The van der Waals surface area contributed by atoms with Gasteiger partial charge in [0, 0.05) is 11.0 Å². The van der Waals surface area contributed by atoms with Gasteiger partial charge in [-0.05, 0) is 23.8 Å². The van der Waals surface area contributed by atoms with Crippen molar-refractivity contribution in [2.75, 3.05) is 5.32 Å². The van der Waals surface area contributed by atoms with Crippen LogP contribution in [0.1, 0.15) is 5.56 Å². The molecular formula is C13H9BrClFN2O2. The molecule has 1 N–H and O–H groups in total. The third-order valence-corrected chi connectivity index (χ3v) is 3.45. The van der Waals surface area contributed by atoms with E-state index in [4.69, 9.17) is 11.6 Å². The second-order valence-electron chi connectivity index (χ2n) is 4.02. The van der Waals surface area contributed by atoms with Crippen LogP contribution in [0.25, 0.3) is 0 Å². The molecule has 2 rings (SSSR count). The second kappa shape index (κ2) is 6.19. The number of nitrogens with one attached hydrogen (secondary N) is 1. The summed E-state index contributed by atoms with van der Waals surface area (Å²) in [7, 11) is 0. The van der Waals surface area contributed by atoms with Gasteiger partial charge in [0.15, 0.2) is 0 Å². The van der Waals surface area contributed by atoms with Gasteiger partial charge in [0.1, 0.15) is 11.5 Å². The fourth-order valence-electron chi connectivity index (χ4n) is 1.63. The molecule has 0 saturated heterocycles. The van der Waals surface area contributed by atoms with Gasteiger partial charge < -0.3 is 5.32 Å². The molecule has 0 amide bonds. The molecule has 7 heteroatoms. The largest absolute Gasteiger partial charge is 0.375 e. The molecule has 0 atom stereocenters. The van der Waals surface area contributed by atoms with Gasteiger partial charge in [-0.2, -0.15) is 0 Å². The molecule has 4 nitrogen and oxygen atoms in total. The van der Waals surface area contributed by atoms with Gasteiger partial charge in [-0.25, -0.2) is 4.39 Å². The Morgan fingerprint density at radius 3 is 2.55 bits per heavy atom. The molecule has 0 saturated carbocycles. The minimum atomic E-state index is -0.812. The Balaban J connectivity index is 2.22. The number of rotatable bonds is 4. The van der Waals surface area contributed by atoms with Gasteiger partial charge in [0.05, 0.1) is 16.0 Å². The summed E-state index contributed by atoms with van der Waals surface area (Å²) in [6.45, 7) is 0.371. The van der Waals surface area contributed by atoms with E-state index < -0.39 is 10.7 Å². The van der Waals surface area contributed by atoms with Gasteiger partial charge in [-0.1, -0.05) is 39.7 Å². The van der Waals surface area contributed by atoms with Crippen molar-refractivity contribution < 1.29 is 9.31 Å². The summed E-state index contributed by atoms with van der Waals surface area (Å²) >= 11 is 8.97. The van der Waals surface area contributed by atoms with E-state index in [1.54, 1.807) is 0 Å². The summed E-state index contributed by atoms with van der Waals surface area (Å²) in [5, 5.41) is 13.6. The van der Waals surface area contributed by atoms with Crippen LogP contribution in [0.5, 0.6) is 0 Å². The molecule has 104 valence electrons. The Kier molecular flexibility index (Phi) is 4.57. The molecule has 0 bridgehead atoms. The molecule has 0 aliphatic rings. The van der Waals surface area contributed by atoms with Gasteiger partial charge in [0.2, 0.25) is 0 Å². The van der Waals surface area contributed by atoms with Crippen LogP contribution in [0.4, 0.5) is 15.8 Å². The molecule has 0 spiro atoms. The topological polar surface area (TPSA) is 55.2 Å². The number of nitrogens with zero attached hydrogens (tertiary/aromatic N) is 1. The summed E-state index contributed by atoms with van der Waals surface area (Å²) in [5.41, 5.74) is 0.774. The minimum absolute atomic E-state index is 0.158. The van der Waals surface area contributed by atoms with E-state index in [-0.39, 0.29) is 16.4 Å². The van der Waals surface area contributed by atoms with Crippen molar-refractivity contribution in [1.29, 1.82) is 0 Å². The molecular weight excluding hydrogens is 351 g/mol.